The molecule has 4 heteroatoms. The van der Waals surface area contributed by atoms with Crippen LogP contribution in [-0.2, 0) is 5.41 Å². The molecular weight excluding hydrogens is 753 g/mol. The number of benzene rings is 9. The van der Waals surface area contributed by atoms with E-state index in [0.29, 0.717) is 0 Å². The number of aromatic nitrogens is 1. The van der Waals surface area contributed by atoms with Crippen molar-refractivity contribution in [3.63, 3.8) is 0 Å². The minimum atomic E-state index is -0.524. The molecule has 2 nitrogen and oxygen atoms in total. The number of rotatable bonds is 4. The zero-order valence-corrected chi connectivity index (χ0v) is 33.5. The van der Waals surface area contributed by atoms with Crippen LogP contribution in [0.15, 0.2) is 216 Å². The van der Waals surface area contributed by atoms with Gasteiger partial charge in [0.2, 0.25) is 0 Å². The number of fused-ring (bicyclic) bond motifs is 14. The molecule has 0 aliphatic carbocycles. The van der Waals surface area contributed by atoms with E-state index in [1.54, 1.807) is 0 Å². The maximum absolute atomic E-state index is 2.52. The van der Waals surface area contributed by atoms with E-state index in [1.807, 2.05) is 23.1 Å². The van der Waals surface area contributed by atoms with E-state index in [1.165, 1.54) is 96.5 Å². The van der Waals surface area contributed by atoms with Crippen LogP contribution in [0, 0.1) is 0 Å². The lowest BCUT2D eigenvalue weighted by Crippen LogP contribution is -2.37. The molecule has 4 heterocycles. The van der Waals surface area contributed by atoms with Gasteiger partial charge in [0.25, 0.3) is 0 Å². The van der Waals surface area contributed by atoms with Gasteiger partial charge in [0.05, 0.1) is 32.5 Å². The van der Waals surface area contributed by atoms with Crippen molar-refractivity contribution in [3.8, 4) is 16.8 Å². The fourth-order valence-corrected chi connectivity index (χ4v) is 12.7. The molecule has 2 aromatic heterocycles. The summed E-state index contributed by atoms with van der Waals surface area (Å²) in [6.45, 7) is 0. The molecule has 13 rings (SSSR count). The average Bonchev–Trinajstić information content (AvgIpc) is 3.86. The zero-order chi connectivity index (χ0) is 38.7. The molecule has 0 bridgehead atoms. The number of thiophene rings is 1. The van der Waals surface area contributed by atoms with Gasteiger partial charge in [-0.15, -0.1) is 11.3 Å². The molecule has 0 saturated heterocycles. The van der Waals surface area contributed by atoms with Crippen molar-refractivity contribution in [3.05, 3.63) is 229 Å². The molecule has 1 spiro atoms. The zero-order valence-electron chi connectivity index (χ0n) is 31.8. The summed E-state index contributed by atoms with van der Waals surface area (Å²) in [5.74, 6) is 0. The largest absolute Gasteiger partial charge is 0.309 e. The smallest absolute Gasteiger partial charge is 0.0764 e. The molecule has 1 unspecified atom stereocenters. The second kappa shape index (κ2) is 12.6. The third-order valence-corrected chi connectivity index (χ3v) is 15.0. The minimum Gasteiger partial charge on any atom is -0.309 e. The Morgan fingerprint density at radius 3 is 1.97 bits per heavy atom. The van der Waals surface area contributed by atoms with Crippen LogP contribution < -0.4 is 4.90 Å². The first-order valence-corrected chi connectivity index (χ1v) is 21.8. The van der Waals surface area contributed by atoms with Gasteiger partial charge < -0.3 is 9.47 Å². The molecule has 0 amide bonds. The van der Waals surface area contributed by atoms with Crippen molar-refractivity contribution in [2.75, 3.05) is 4.90 Å². The van der Waals surface area contributed by atoms with E-state index in [4.69, 9.17) is 0 Å². The van der Waals surface area contributed by atoms with E-state index in [0.717, 1.165) is 11.4 Å². The van der Waals surface area contributed by atoms with Crippen molar-refractivity contribution in [2.45, 2.75) is 15.2 Å². The standard InChI is InChI=1S/C55H34N2S2/c1-2-14-35(15-3-1)36-28-30-37(31-29-36)56(49-25-13-19-42-40-17-5-10-26-50(40)59-54(42)49)38-32-33-45-52(34-38)58-51-27-11-7-21-44(51)55(45)43-20-6-9-24-48(43)57-47-23-8-4-16-39(47)41-18-12-22-46(55)53(41)57/h1-34H. The summed E-state index contributed by atoms with van der Waals surface area (Å²) in [7, 11) is 0. The van der Waals surface area contributed by atoms with Crippen LogP contribution in [0.1, 0.15) is 22.3 Å². The van der Waals surface area contributed by atoms with Gasteiger partial charge in [0.1, 0.15) is 0 Å². The number of hydrogen-bond acceptors (Lipinski definition) is 3. The normalized spacial score (nSPS) is 15.1. The Labute approximate surface area is 350 Å². The Kier molecular flexibility index (Phi) is 7.07. The molecule has 276 valence electrons. The van der Waals surface area contributed by atoms with Crippen LogP contribution in [0.4, 0.5) is 17.1 Å². The molecule has 2 aliphatic heterocycles. The lowest BCUT2D eigenvalue weighted by Gasteiger charge is -2.45. The molecule has 9 aromatic carbocycles. The number of anilines is 3. The first kappa shape index (κ1) is 33.2. The van der Waals surface area contributed by atoms with Gasteiger partial charge in [-0.2, -0.15) is 0 Å². The monoisotopic (exact) mass is 786 g/mol. The van der Waals surface area contributed by atoms with Crippen LogP contribution in [0.3, 0.4) is 0 Å². The summed E-state index contributed by atoms with van der Waals surface area (Å²) in [6, 6.07) is 76.7. The Morgan fingerprint density at radius 2 is 1.07 bits per heavy atom. The van der Waals surface area contributed by atoms with E-state index in [2.05, 4.69) is 216 Å². The van der Waals surface area contributed by atoms with Gasteiger partial charge in [-0.25, -0.2) is 0 Å². The van der Waals surface area contributed by atoms with Gasteiger partial charge in [-0.3, -0.25) is 0 Å². The van der Waals surface area contributed by atoms with Crippen molar-refractivity contribution >= 4 is 82.1 Å². The molecule has 0 N–H and O–H groups in total. The van der Waals surface area contributed by atoms with Crippen LogP contribution in [-0.4, -0.2) is 4.57 Å². The Balaban J connectivity index is 1.08. The first-order valence-electron chi connectivity index (χ1n) is 20.2. The van der Waals surface area contributed by atoms with Crippen molar-refractivity contribution < 1.29 is 0 Å². The summed E-state index contributed by atoms with van der Waals surface area (Å²) in [6.07, 6.45) is 0. The molecule has 2 aliphatic rings. The Morgan fingerprint density at radius 1 is 0.424 bits per heavy atom. The number of nitrogens with zero attached hydrogens (tertiary/aromatic N) is 2. The Hall–Kier alpha value is -6.85. The predicted octanol–water partition coefficient (Wildman–Crippen LogP) is 15.4. The van der Waals surface area contributed by atoms with Gasteiger partial charge in [-0.1, -0.05) is 163 Å². The highest BCUT2D eigenvalue weighted by atomic mass is 32.2. The van der Waals surface area contributed by atoms with E-state index in [9.17, 15) is 0 Å². The minimum absolute atomic E-state index is 0.524. The molecule has 1 atom stereocenters. The maximum Gasteiger partial charge on any atom is 0.0764 e. The van der Waals surface area contributed by atoms with Gasteiger partial charge in [0.15, 0.2) is 0 Å². The SMILES string of the molecule is c1ccc(-c2ccc(N(c3ccc4c(c3)Sc3ccccc3C43c4ccccc4-n4c5ccccc5c5cccc3c54)c3cccc4c3sc3ccccc34)cc2)cc1. The van der Waals surface area contributed by atoms with E-state index >= 15 is 0 Å². The number of para-hydroxylation sites is 3. The summed E-state index contributed by atoms with van der Waals surface area (Å²) < 4.78 is 5.11. The second-order valence-electron chi connectivity index (χ2n) is 15.6. The molecule has 59 heavy (non-hydrogen) atoms. The molecular formula is C55H34N2S2. The second-order valence-corrected chi connectivity index (χ2v) is 17.7. The average molecular weight is 787 g/mol. The van der Waals surface area contributed by atoms with Crippen LogP contribution in [0.25, 0.3) is 58.8 Å². The van der Waals surface area contributed by atoms with Crippen LogP contribution >= 0.6 is 23.1 Å². The quantitative estimate of drug-likeness (QED) is 0.176. The van der Waals surface area contributed by atoms with Crippen molar-refractivity contribution in [1.29, 1.82) is 0 Å². The molecule has 11 aromatic rings. The first-order chi connectivity index (χ1) is 29.3. The fourth-order valence-electron chi connectivity index (χ4n) is 10.2. The summed E-state index contributed by atoms with van der Waals surface area (Å²) in [5, 5.41) is 5.17. The topological polar surface area (TPSA) is 8.17 Å². The maximum atomic E-state index is 2.52. The van der Waals surface area contributed by atoms with Crippen LogP contribution in [0.2, 0.25) is 0 Å². The highest BCUT2D eigenvalue weighted by Crippen LogP contribution is 2.61. The number of hydrogen-bond donors (Lipinski definition) is 0. The molecule has 0 fully saturated rings. The highest BCUT2D eigenvalue weighted by molar-refractivity contribution is 7.99. The van der Waals surface area contributed by atoms with Gasteiger partial charge >= 0.3 is 0 Å². The summed E-state index contributed by atoms with van der Waals surface area (Å²) in [5.41, 5.74) is 14.4. The predicted molar refractivity (Wildman–Crippen MR) is 250 cm³/mol. The van der Waals surface area contributed by atoms with E-state index < -0.39 is 5.41 Å². The Bertz CT molecular complexity index is 3490. The lowest BCUT2D eigenvalue weighted by molar-refractivity contribution is 0.689. The van der Waals surface area contributed by atoms with Crippen LogP contribution in [0.5, 0.6) is 0 Å². The summed E-state index contributed by atoms with van der Waals surface area (Å²) in [4.78, 5) is 5.04. The van der Waals surface area contributed by atoms with Gasteiger partial charge in [0, 0.05) is 47.4 Å². The summed E-state index contributed by atoms with van der Waals surface area (Å²) >= 11 is 3.78. The van der Waals surface area contributed by atoms with Crippen molar-refractivity contribution in [2.24, 2.45) is 0 Å². The van der Waals surface area contributed by atoms with E-state index in [-0.39, 0.29) is 0 Å². The lowest BCUT2D eigenvalue weighted by atomic mass is 9.63. The third kappa shape index (κ3) is 4.59. The fraction of sp³-hybridized carbons (Fsp3) is 0.0182. The van der Waals surface area contributed by atoms with Gasteiger partial charge in [-0.05, 0) is 88.0 Å². The molecule has 0 saturated carbocycles. The third-order valence-electron chi connectivity index (χ3n) is 12.6. The van der Waals surface area contributed by atoms with Crippen molar-refractivity contribution in [1.82, 2.24) is 4.57 Å². The molecule has 0 radical (unpaired) electrons. The highest BCUT2D eigenvalue weighted by Gasteiger charge is 2.49.